The van der Waals surface area contributed by atoms with E-state index in [1.54, 1.807) is 30.5 Å². The van der Waals surface area contributed by atoms with E-state index in [0.29, 0.717) is 44.5 Å². The van der Waals surface area contributed by atoms with Crippen LogP contribution < -0.4 is 5.73 Å². The Balaban J connectivity index is 1.59. The molecule has 1 fully saturated rings. The smallest absolute Gasteiger partial charge is 0.410 e. The Morgan fingerprint density at radius 3 is 2.66 bits per heavy atom. The van der Waals surface area contributed by atoms with Crippen LogP contribution in [0, 0.1) is 0 Å². The second-order valence-corrected chi connectivity index (χ2v) is 9.80. The number of hydrogen-bond donors (Lipinski definition) is 2. The van der Waals surface area contributed by atoms with Crippen LogP contribution in [0.25, 0.3) is 11.0 Å². The summed E-state index contributed by atoms with van der Waals surface area (Å²) in [4.78, 5) is 41.1. The van der Waals surface area contributed by atoms with Crippen LogP contribution in [0.3, 0.4) is 0 Å². The molecule has 1 aliphatic heterocycles. The van der Waals surface area contributed by atoms with Gasteiger partial charge in [0.05, 0.1) is 24.1 Å². The highest BCUT2D eigenvalue weighted by Gasteiger charge is 2.35. The zero-order valence-electron chi connectivity index (χ0n) is 20.5. The Kier molecular flexibility index (Phi) is 6.90. The molecule has 12 heteroatoms. The van der Waals surface area contributed by atoms with E-state index in [4.69, 9.17) is 15.1 Å². The van der Waals surface area contributed by atoms with Crippen molar-refractivity contribution in [1.29, 1.82) is 0 Å². The number of H-pyrrole nitrogens is 1. The standard InChI is InChI=1S/C23H32N8O4/c1-14(32)31(15-7-9-30(10-8-15)22(33)34-23(2,3)4)19(6-5-17-21(24)29-35-28-17)16-11-25-12-18-20(16)27-13-26-18/h11-13,15,19H,5-10H2,1-4H3,(H2,24,29)(H,26,27). The van der Waals surface area contributed by atoms with E-state index in [1.165, 1.54) is 0 Å². The molecule has 1 unspecified atom stereocenters. The molecule has 1 aliphatic rings. The number of nitrogens with zero attached hydrogens (tertiary/aromatic N) is 6. The van der Waals surface area contributed by atoms with Crippen LogP contribution >= 0.6 is 0 Å². The Morgan fingerprint density at radius 2 is 2.03 bits per heavy atom. The third-order valence-corrected chi connectivity index (χ3v) is 6.18. The number of carbonyl (C=O) groups excluding carboxylic acids is 2. The van der Waals surface area contributed by atoms with Gasteiger partial charge in [-0.05, 0) is 51.6 Å². The molecule has 0 aromatic carbocycles. The van der Waals surface area contributed by atoms with Gasteiger partial charge >= 0.3 is 6.09 Å². The predicted octanol–water partition coefficient (Wildman–Crippen LogP) is 2.84. The monoisotopic (exact) mass is 484 g/mol. The van der Waals surface area contributed by atoms with Crippen molar-refractivity contribution >= 4 is 28.9 Å². The normalized spacial score (nSPS) is 15.8. The number of carbonyl (C=O) groups is 2. The highest BCUT2D eigenvalue weighted by Crippen LogP contribution is 2.34. The summed E-state index contributed by atoms with van der Waals surface area (Å²) in [7, 11) is 0. The number of pyridine rings is 1. The molecule has 35 heavy (non-hydrogen) atoms. The second kappa shape index (κ2) is 9.88. The fraction of sp³-hybridized carbons (Fsp3) is 0.565. The van der Waals surface area contributed by atoms with Crippen molar-refractivity contribution in [2.75, 3.05) is 18.8 Å². The molecule has 12 nitrogen and oxygen atoms in total. The van der Waals surface area contributed by atoms with Crippen molar-refractivity contribution in [3.8, 4) is 0 Å². The number of ether oxygens (including phenoxy) is 1. The van der Waals surface area contributed by atoms with Gasteiger partial charge in [-0.3, -0.25) is 9.78 Å². The first-order chi connectivity index (χ1) is 16.6. The van der Waals surface area contributed by atoms with Gasteiger partial charge in [0.15, 0.2) is 5.82 Å². The highest BCUT2D eigenvalue weighted by molar-refractivity contribution is 5.79. The number of fused-ring (bicyclic) bond motifs is 1. The average molecular weight is 485 g/mol. The lowest BCUT2D eigenvalue weighted by molar-refractivity contribution is -0.135. The highest BCUT2D eigenvalue weighted by atomic mass is 16.6. The van der Waals surface area contributed by atoms with Gasteiger partial charge in [0.1, 0.15) is 16.8 Å². The lowest BCUT2D eigenvalue weighted by Crippen LogP contribution is -2.50. The zero-order chi connectivity index (χ0) is 25.2. The summed E-state index contributed by atoms with van der Waals surface area (Å²) in [6, 6.07) is -0.388. The number of aromatic amines is 1. The number of likely N-dealkylation sites (tertiary alicyclic amines) is 1. The van der Waals surface area contributed by atoms with E-state index in [0.717, 1.165) is 16.6 Å². The van der Waals surface area contributed by atoms with Crippen LogP contribution in [0.4, 0.5) is 10.6 Å². The largest absolute Gasteiger partial charge is 0.444 e. The molecule has 0 spiro atoms. The number of nitrogen functional groups attached to an aromatic ring is 1. The topological polar surface area (TPSA) is 156 Å². The maximum atomic E-state index is 13.1. The van der Waals surface area contributed by atoms with Gasteiger partial charge < -0.3 is 25.3 Å². The summed E-state index contributed by atoms with van der Waals surface area (Å²) >= 11 is 0. The lowest BCUT2D eigenvalue weighted by atomic mass is 9.94. The number of piperidine rings is 1. The molecule has 3 aromatic heterocycles. The minimum absolute atomic E-state index is 0.0616. The van der Waals surface area contributed by atoms with E-state index < -0.39 is 5.60 Å². The maximum absolute atomic E-state index is 13.1. The van der Waals surface area contributed by atoms with Gasteiger partial charge in [-0.15, -0.1) is 0 Å². The van der Waals surface area contributed by atoms with Gasteiger partial charge in [0.2, 0.25) is 5.91 Å². The van der Waals surface area contributed by atoms with Crippen LogP contribution in [0.2, 0.25) is 0 Å². The van der Waals surface area contributed by atoms with Gasteiger partial charge in [-0.2, -0.15) is 0 Å². The third-order valence-electron chi connectivity index (χ3n) is 6.18. The Bertz CT molecular complexity index is 1180. The van der Waals surface area contributed by atoms with Gasteiger partial charge in [-0.25, -0.2) is 14.4 Å². The molecule has 0 radical (unpaired) electrons. The molecule has 0 bridgehead atoms. The summed E-state index contributed by atoms with van der Waals surface area (Å²) in [5, 5.41) is 7.56. The van der Waals surface area contributed by atoms with Crippen molar-refractivity contribution in [3.63, 3.8) is 0 Å². The molecule has 0 saturated carbocycles. The van der Waals surface area contributed by atoms with Gasteiger partial charge in [0.25, 0.3) is 0 Å². The number of amides is 2. The van der Waals surface area contributed by atoms with Crippen molar-refractivity contribution in [2.24, 2.45) is 0 Å². The fourth-order valence-corrected chi connectivity index (χ4v) is 4.63. The molecule has 1 atom stereocenters. The van der Waals surface area contributed by atoms with Crippen molar-refractivity contribution < 1.29 is 19.0 Å². The number of rotatable bonds is 6. The number of anilines is 1. The van der Waals surface area contributed by atoms with Crippen LogP contribution in [0.1, 0.15) is 64.3 Å². The van der Waals surface area contributed by atoms with Crippen molar-refractivity contribution in [1.82, 2.24) is 35.1 Å². The summed E-state index contributed by atoms with van der Waals surface area (Å²) < 4.78 is 10.3. The summed E-state index contributed by atoms with van der Waals surface area (Å²) in [6.45, 7) is 8.12. The Labute approximate surface area is 203 Å². The van der Waals surface area contributed by atoms with Crippen molar-refractivity contribution in [3.05, 3.63) is 30.0 Å². The van der Waals surface area contributed by atoms with Crippen LogP contribution in [0.5, 0.6) is 0 Å². The fourth-order valence-electron chi connectivity index (χ4n) is 4.63. The molecule has 4 heterocycles. The van der Waals surface area contributed by atoms with Crippen LogP contribution in [0.15, 0.2) is 23.4 Å². The van der Waals surface area contributed by atoms with Gasteiger partial charge in [-0.1, -0.05) is 5.16 Å². The molecule has 3 N–H and O–H groups in total. The number of hydrogen-bond acceptors (Lipinski definition) is 9. The van der Waals surface area contributed by atoms with Crippen molar-refractivity contribution in [2.45, 2.75) is 71.1 Å². The first-order valence-corrected chi connectivity index (χ1v) is 11.7. The minimum Gasteiger partial charge on any atom is -0.444 e. The minimum atomic E-state index is -0.558. The molecule has 1 saturated heterocycles. The third kappa shape index (κ3) is 5.52. The van der Waals surface area contributed by atoms with E-state index in [-0.39, 0.29) is 29.9 Å². The number of nitrogens with two attached hydrogens (primary N) is 1. The van der Waals surface area contributed by atoms with Crippen LogP contribution in [-0.2, 0) is 16.0 Å². The van der Waals surface area contributed by atoms with Crippen LogP contribution in [-0.4, -0.2) is 71.8 Å². The second-order valence-electron chi connectivity index (χ2n) is 9.80. The molecule has 0 aliphatic carbocycles. The molecule has 188 valence electrons. The molecular weight excluding hydrogens is 452 g/mol. The predicted molar refractivity (Wildman–Crippen MR) is 127 cm³/mol. The first kappa shape index (κ1) is 24.4. The summed E-state index contributed by atoms with van der Waals surface area (Å²) in [5.41, 5.74) is 8.28. The molecule has 4 rings (SSSR count). The lowest BCUT2D eigenvalue weighted by Gasteiger charge is -2.42. The van der Waals surface area contributed by atoms with Gasteiger partial charge in [0, 0.05) is 37.8 Å². The Morgan fingerprint density at radius 1 is 1.29 bits per heavy atom. The molecule has 2 amide bonds. The Hall–Kier alpha value is -3.70. The maximum Gasteiger partial charge on any atom is 0.410 e. The zero-order valence-corrected chi connectivity index (χ0v) is 20.5. The number of aryl methyl sites for hydroxylation is 1. The van der Waals surface area contributed by atoms with E-state index in [2.05, 4.69) is 25.3 Å². The van der Waals surface area contributed by atoms with E-state index in [1.807, 2.05) is 25.7 Å². The number of aromatic nitrogens is 5. The average Bonchev–Trinajstić information content (AvgIpc) is 3.44. The number of nitrogens with one attached hydrogen (secondary N) is 1. The molecular formula is C23H32N8O4. The van der Waals surface area contributed by atoms with E-state index in [9.17, 15) is 9.59 Å². The summed E-state index contributed by atoms with van der Waals surface area (Å²) in [5.74, 6) is 0.176. The van der Waals surface area contributed by atoms with E-state index >= 15 is 0 Å². The molecule has 3 aromatic rings. The number of imidazole rings is 1. The quantitative estimate of drug-likeness (QED) is 0.537. The summed E-state index contributed by atoms with van der Waals surface area (Å²) in [6.07, 6.45) is 7.00. The first-order valence-electron chi connectivity index (χ1n) is 11.7. The SMILES string of the molecule is CC(=O)N(C1CCN(C(=O)OC(C)(C)C)CC1)C(CCc1nonc1N)c1cncc2nc[nH]c12.